The zero-order chi connectivity index (χ0) is 22.8. The highest BCUT2D eigenvalue weighted by molar-refractivity contribution is 6.38. The van der Waals surface area contributed by atoms with Gasteiger partial charge in [0.2, 0.25) is 0 Å². The smallest absolute Gasteiger partial charge is 0.0620 e. The van der Waals surface area contributed by atoms with Gasteiger partial charge >= 0.3 is 0 Å². The molecule has 9 aromatic rings. The van der Waals surface area contributed by atoms with Crippen molar-refractivity contribution >= 4 is 81.4 Å². The molecule has 3 aromatic heterocycles. The molecule has 0 N–H and O–H groups in total. The average Bonchev–Trinajstić information content (AvgIpc) is 3.35. The summed E-state index contributed by atoms with van der Waals surface area (Å²) in [5, 5.41) is 13.2. The zero-order valence-electron chi connectivity index (χ0n) is 19.2. The van der Waals surface area contributed by atoms with Crippen molar-refractivity contribution in [1.29, 1.82) is 0 Å². The van der Waals surface area contributed by atoms with E-state index in [1.165, 1.54) is 81.4 Å². The van der Waals surface area contributed by atoms with E-state index in [4.69, 9.17) is 0 Å². The molecule has 0 fully saturated rings. The lowest BCUT2D eigenvalue weighted by molar-refractivity contribution is 1.02. The second-order valence-corrected chi connectivity index (χ2v) is 9.82. The van der Waals surface area contributed by atoms with Crippen LogP contribution in [0.2, 0.25) is 0 Å². The summed E-state index contributed by atoms with van der Waals surface area (Å²) < 4.78 is 4.95. The van der Waals surface area contributed by atoms with Crippen molar-refractivity contribution < 1.29 is 0 Å². The highest BCUT2D eigenvalue weighted by Gasteiger charge is 2.23. The van der Waals surface area contributed by atoms with E-state index >= 15 is 0 Å². The van der Waals surface area contributed by atoms with Gasteiger partial charge in [-0.1, -0.05) is 84.9 Å². The fraction of sp³-hybridized carbons (Fsp3) is 0.0303. The molecule has 0 saturated heterocycles. The Morgan fingerprint density at radius 3 is 1.91 bits per heavy atom. The Kier molecular flexibility index (Phi) is 3.02. The Hall–Kier alpha value is -4.56. The predicted molar refractivity (Wildman–Crippen MR) is 150 cm³/mol. The number of fused-ring (bicyclic) bond motifs is 9. The molecule has 3 heterocycles. The number of aryl methyl sites for hydroxylation is 1. The van der Waals surface area contributed by atoms with Gasteiger partial charge in [0.15, 0.2) is 0 Å². The van der Waals surface area contributed by atoms with E-state index in [1.54, 1.807) is 0 Å². The average molecular weight is 445 g/mol. The van der Waals surface area contributed by atoms with Gasteiger partial charge in [-0.3, -0.25) is 0 Å². The molecule has 0 aliphatic heterocycles. The fourth-order valence-corrected chi connectivity index (χ4v) is 6.81. The number of hydrogen-bond acceptors (Lipinski definition) is 0. The third-order valence-corrected chi connectivity index (χ3v) is 8.18. The van der Waals surface area contributed by atoms with Crippen LogP contribution in [0.3, 0.4) is 0 Å². The van der Waals surface area contributed by atoms with Gasteiger partial charge in [0.25, 0.3) is 0 Å². The molecule has 0 saturated carbocycles. The summed E-state index contributed by atoms with van der Waals surface area (Å²) in [5.74, 6) is 0. The van der Waals surface area contributed by atoms with Crippen molar-refractivity contribution in [1.82, 2.24) is 8.97 Å². The molecule has 0 aliphatic rings. The van der Waals surface area contributed by atoms with Crippen molar-refractivity contribution in [3.8, 4) is 0 Å². The van der Waals surface area contributed by atoms with Gasteiger partial charge in [-0.15, -0.1) is 0 Å². The van der Waals surface area contributed by atoms with Crippen molar-refractivity contribution in [2.24, 2.45) is 7.05 Å². The van der Waals surface area contributed by atoms with E-state index in [0.717, 1.165) is 0 Å². The minimum Gasteiger partial charge on any atom is -0.343 e. The van der Waals surface area contributed by atoms with E-state index in [9.17, 15) is 0 Å². The molecule has 9 rings (SSSR count). The van der Waals surface area contributed by atoms with Crippen LogP contribution in [-0.2, 0) is 7.05 Å². The van der Waals surface area contributed by atoms with Crippen LogP contribution in [0.4, 0.5) is 0 Å². The quantitative estimate of drug-likeness (QED) is 0.221. The monoisotopic (exact) mass is 444 g/mol. The molecule has 0 bridgehead atoms. The summed E-state index contributed by atoms with van der Waals surface area (Å²) in [6.45, 7) is 0. The van der Waals surface area contributed by atoms with Crippen LogP contribution in [0.5, 0.6) is 0 Å². The highest BCUT2D eigenvalue weighted by atomic mass is 15.0. The van der Waals surface area contributed by atoms with Crippen molar-refractivity contribution in [3.05, 3.63) is 103 Å². The van der Waals surface area contributed by atoms with Crippen LogP contribution in [0, 0.1) is 0 Å². The number of benzene rings is 6. The lowest BCUT2D eigenvalue weighted by Crippen LogP contribution is -1.91. The third kappa shape index (κ3) is 1.96. The van der Waals surface area contributed by atoms with Crippen molar-refractivity contribution in [3.63, 3.8) is 0 Å². The molecule has 0 aliphatic carbocycles. The summed E-state index contributed by atoms with van der Waals surface area (Å²) in [4.78, 5) is 0. The van der Waals surface area contributed by atoms with Gasteiger partial charge < -0.3 is 8.97 Å². The van der Waals surface area contributed by atoms with E-state index < -0.39 is 0 Å². The van der Waals surface area contributed by atoms with Crippen LogP contribution >= 0.6 is 0 Å². The van der Waals surface area contributed by atoms with Gasteiger partial charge in [-0.05, 0) is 34.4 Å². The molecule has 0 amide bonds. The first-order valence-electron chi connectivity index (χ1n) is 12.2. The Bertz CT molecular complexity index is 2330. The first-order valence-corrected chi connectivity index (χ1v) is 12.2. The Labute approximate surface area is 200 Å². The molecule has 35 heavy (non-hydrogen) atoms. The molecule has 2 heteroatoms. The van der Waals surface area contributed by atoms with E-state index in [0.29, 0.717) is 0 Å². The SMILES string of the molecule is Cn1c2cc3ccccc3c3c4cccc5c6ccccc6n(c6cc7ccccc7c1c6c32)c54. The minimum atomic E-state index is 1.26. The largest absolute Gasteiger partial charge is 0.343 e. The molecule has 6 aromatic carbocycles. The molecule has 0 radical (unpaired) electrons. The molecule has 162 valence electrons. The molecule has 0 atom stereocenters. The summed E-state index contributed by atoms with van der Waals surface area (Å²) in [7, 11) is 2.23. The summed E-state index contributed by atoms with van der Waals surface area (Å²) in [5.41, 5.74) is 6.45. The molecular weight excluding hydrogens is 424 g/mol. The maximum absolute atomic E-state index is 2.53. The number of rotatable bonds is 0. The van der Waals surface area contributed by atoms with Gasteiger partial charge in [0, 0.05) is 44.8 Å². The Morgan fingerprint density at radius 2 is 1.06 bits per heavy atom. The number of aromatic nitrogens is 2. The zero-order valence-corrected chi connectivity index (χ0v) is 19.2. The van der Waals surface area contributed by atoms with Crippen molar-refractivity contribution in [2.75, 3.05) is 0 Å². The van der Waals surface area contributed by atoms with Crippen LogP contribution in [0.1, 0.15) is 0 Å². The van der Waals surface area contributed by atoms with Gasteiger partial charge in [0.05, 0.1) is 27.6 Å². The standard InChI is InChI=1S/C33H20N2/c1-34-27-17-19-9-2-4-11-21(19)29-25-15-8-14-24-23-13-6-7-16-26(23)35(32(24)25)28-18-20-10-3-5-12-22(20)33(34)31(28)30(27)29/h2-18H,1H3. The third-order valence-electron chi connectivity index (χ3n) is 8.18. The van der Waals surface area contributed by atoms with Gasteiger partial charge in [0.1, 0.15) is 0 Å². The lowest BCUT2D eigenvalue weighted by atomic mass is 9.97. The topological polar surface area (TPSA) is 9.34 Å². The maximum atomic E-state index is 2.53. The van der Waals surface area contributed by atoms with Crippen molar-refractivity contribution in [2.45, 2.75) is 0 Å². The number of para-hydroxylation sites is 2. The molecule has 0 spiro atoms. The summed E-state index contributed by atoms with van der Waals surface area (Å²) >= 11 is 0. The number of nitrogens with zero attached hydrogens (tertiary/aromatic N) is 2. The van der Waals surface area contributed by atoms with Crippen LogP contribution in [0.25, 0.3) is 81.4 Å². The van der Waals surface area contributed by atoms with E-state index in [-0.39, 0.29) is 0 Å². The van der Waals surface area contributed by atoms with Gasteiger partial charge in [-0.25, -0.2) is 0 Å². The second kappa shape index (κ2) is 5.92. The molecule has 2 nitrogen and oxygen atoms in total. The highest BCUT2D eigenvalue weighted by Crippen LogP contribution is 2.46. The Balaban J connectivity index is 1.84. The summed E-state index contributed by atoms with van der Waals surface area (Å²) in [6.07, 6.45) is 0. The summed E-state index contributed by atoms with van der Waals surface area (Å²) in [6, 6.07) is 38.2. The molecule has 0 unspecified atom stereocenters. The Morgan fingerprint density at radius 1 is 0.429 bits per heavy atom. The predicted octanol–water partition coefficient (Wildman–Crippen LogP) is 8.79. The van der Waals surface area contributed by atoms with Crippen LogP contribution in [0.15, 0.2) is 103 Å². The second-order valence-electron chi connectivity index (χ2n) is 9.82. The minimum absolute atomic E-state index is 1.26. The van der Waals surface area contributed by atoms with E-state index in [2.05, 4.69) is 119 Å². The van der Waals surface area contributed by atoms with Crippen LogP contribution in [-0.4, -0.2) is 8.97 Å². The fourth-order valence-electron chi connectivity index (χ4n) is 6.81. The first-order chi connectivity index (χ1) is 17.3. The normalized spacial score (nSPS) is 12.7. The number of hydrogen-bond donors (Lipinski definition) is 0. The van der Waals surface area contributed by atoms with Gasteiger partial charge in [-0.2, -0.15) is 0 Å². The van der Waals surface area contributed by atoms with Crippen LogP contribution < -0.4 is 0 Å². The molecular formula is C33H20N2. The lowest BCUT2D eigenvalue weighted by Gasteiger charge is -2.08. The maximum Gasteiger partial charge on any atom is 0.0620 e. The first kappa shape index (κ1) is 17.9. The van der Waals surface area contributed by atoms with E-state index in [1.807, 2.05) is 0 Å².